The van der Waals surface area contributed by atoms with Gasteiger partial charge in [0.25, 0.3) is 0 Å². The predicted octanol–water partition coefficient (Wildman–Crippen LogP) is 2.13. The van der Waals surface area contributed by atoms with E-state index in [9.17, 15) is 0 Å². The van der Waals surface area contributed by atoms with E-state index in [-0.39, 0.29) is 0 Å². The van der Waals surface area contributed by atoms with Gasteiger partial charge in [0.15, 0.2) is 0 Å². The van der Waals surface area contributed by atoms with Crippen molar-refractivity contribution >= 4 is 11.8 Å². The molecule has 0 radical (unpaired) electrons. The Morgan fingerprint density at radius 2 is 2.32 bits per heavy atom. The van der Waals surface area contributed by atoms with Crippen LogP contribution in [0.1, 0.15) is 38.6 Å². The van der Waals surface area contributed by atoms with Crippen molar-refractivity contribution in [1.29, 1.82) is 5.26 Å². The lowest BCUT2D eigenvalue weighted by atomic mass is 10.0. The zero-order chi connectivity index (χ0) is 15.1. The molecule has 0 unspecified atom stereocenters. The lowest BCUT2D eigenvalue weighted by Gasteiger charge is -2.17. The molecular formula is C18H20N4. The van der Waals surface area contributed by atoms with E-state index in [2.05, 4.69) is 40.9 Å². The van der Waals surface area contributed by atoms with Crippen LogP contribution in [-0.2, 0) is 0 Å². The monoisotopic (exact) mass is 292 g/mol. The Labute approximate surface area is 130 Å². The average Bonchev–Trinajstić information content (AvgIpc) is 3.18. The van der Waals surface area contributed by atoms with E-state index < -0.39 is 0 Å². The summed E-state index contributed by atoms with van der Waals surface area (Å²) >= 11 is 0. The molecule has 2 aliphatic heterocycles. The summed E-state index contributed by atoms with van der Waals surface area (Å²) in [5.74, 6) is 1.32. The van der Waals surface area contributed by atoms with Crippen LogP contribution in [0.2, 0.25) is 0 Å². The smallest absolute Gasteiger partial charge is 0.141 e. The number of allylic oxidation sites excluding steroid dienone is 1. The summed E-state index contributed by atoms with van der Waals surface area (Å²) < 4.78 is 2.37. The van der Waals surface area contributed by atoms with Crippen molar-refractivity contribution in [3.05, 3.63) is 34.7 Å². The van der Waals surface area contributed by atoms with Crippen LogP contribution in [0, 0.1) is 23.2 Å². The van der Waals surface area contributed by atoms with Crippen molar-refractivity contribution in [3.63, 3.8) is 0 Å². The fourth-order valence-electron chi connectivity index (χ4n) is 4.17. The normalized spacial score (nSPS) is 28.8. The summed E-state index contributed by atoms with van der Waals surface area (Å²) in [4.78, 5) is 9.19. The van der Waals surface area contributed by atoms with Crippen molar-refractivity contribution in [1.82, 2.24) is 4.57 Å². The molecule has 4 nitrogen and oxygen atoms in total. The van der Waals surface area contributed by atoms with Crippen molar-refractivity contribution in [2.75, 3.05) is 6.54 Å². The van der Waals surface area contributed by atoms with Gasteiger partial charge in [0.2, 0.25) is 0 Å². The third kappa shape index (κ3) is 2.04. The third-order valence-corrected chi connectivity index (χ3v) is 5.25. The SMILES string of the molecule is C[C@@H]1C[C@@H](CCC#N)C[C@@H]1n1ccc2c1=NC1=CCN=CC=21. The van der Waals surface area contributed by atoms with Crippen molar-refractivity contribution in [3.8, 4) is 6.07 Å². The summed E-state index contributed by atoms with van der Waals surface area (Å²) in [6, 6.07) is 4.97. The standard InChI is InChI=1S/C18H20N4/c1-12-9-13(3-2-6-19)10-17(12)22-8-5-14-15-11-20-7-4-16(15)21-18(14)22/h4-5,8,11-13,17H,2-3,7,9-10H2,1H3/t12-,13-,17+/m1/s1. The Bertz CT molecular complexity index is 818. The van der Waals surface area contributed by atoms with Crippen LogP contribution >= 0.6 is 0 Å². The van der Waals surface area contributed by atoms with Crippen LogP contribution in [0.5, 0.6) is 0 Å². The van der Waals surface area contributed by atoms with Crippen LogP contribution < -0.4 is 10.7 Å². The minimum atomic E-state index is 0.509. The molecule has 1 aromatic rings. The number of hydrogen-bond acceptors (Lipinski definition) is 3. The van der Waals surface area contributed by atoms with Crippen LogP contribution in [0.4, 0.5) is 0 Å². The number of nitrogens with zero attached hydrogens (tertiary/aromatic N) is 4. The number of rotatable bonds is 3. The summed E-state index contributed by atoms with van der Waals surface area (Å²) in [5, 5.41) is 10.0. The van der Waals surface area contributed by atoms with E-state index in [1.807, 2.05) is 6.21 Å². The first-order valence-corrected chi connectivity index (χ1v) is 8.15. The van der Waals surface area contributed by atoms with Gasteiger partial charge in [-0.2, -0.15) is 5.26 Å². The van der Waals surface area contributed by atoms with Crippen molar-refractivity contribution in [2.45, 2.75) is 38.6 Å². The maximum Gasteiger partial charge on any atom is 0.141 e. The van der Waals surface area contributed by atoms with E-state index in [1.165, 1.54) is 23.6 Å². The van der Waals surface area contributed by atoms with Gasteiger partial charge in [0.1, 0.15) is 5.49 Å². The molecule has 0 bridgehead atoms. The number of dihydropyridines is 1. The van der Waals surface area contributed by atoms with Gasteiger partial charge in [-0.3, -0.25) is 4.99 Å². The average molecular weight is 292 g/mol. The molecule has 112 valence electrons. The van der Waals surface area contributed by atoms with Gasteiger partial charge < -0.3 is 4.57 Å². The van der Waals surface area contributed by atoms with Crippen molar-refractivity contribution < 1.29 is 0 Å². The fraction of sp³-hybridized carbons (Fsp3) is 0.500. The lowest BCUT2D eigenvalue weighted by Crippen LogP contribution is -2.31. The lowest BCUT2D eigenvalue weighted by molar-refractivity contribution is 0.397. The second kappa shape index (κ2) is 5.24. The fourth-order valence-corrected chi connectivity index (χ4v) is 4.17. The van der Waals surface area contributed by atoms with Gasteiger partial charge in [-0.1, -0.05) is 6.92 Å². The Morgan fingerprint density at radius 3 is 3.18 bits per heavy atom. The molecule has 1 fully saturated rings. The van der Waals surface area contributed by atoms with Crippen LogP contribution in [-0.4, -0.2) is 17.3 Å². The Kier molecular flexibility index (Phi) is 3.22. The molecule has 1 saturated carbocycles. The molecular weight excluding hydrogens is 272 g/mol. The maximum atomic E-state index is 8.80. The molecule has 0 amide bonds. The Morgan fingerprint density at radius 1 is 1.41 bits per heavy atom. The number of nitriles is 1. The first-order valence-electron chi connectivity index (χ1n) is 8.15. The Hall–Kier alpha value is -2.15. The zero-order valence-electron chi connectivity index (χ0n) is 12.9. The zero-order valence-corrected chi connectivity index (χ0v) is 12.9. The highest BCUT2D eigenvalue weighted by atomic mass is 15.1. The van der Waals surface area contributed by atoms with Gasteiger partial charge in [0, 0.05) is 35.7 Å². The maximum absolute atomic E-state index is 8.80. The molecule has 4 heteroatoms. The van der Waals surface area contributed by atoms with E-state index in [0.717, 1.165) is 24.2 Å². The molecule has 4 rings (SSSR count). The first-order chi connectivity index (χ1) is 10.8. The van der Waals surface area contributed by atoms with Crippen LogP contribution in [0.15, 0.2) is 34.0 Å². The van der Waals surface area contributed by atoms with Gasteiger partial charge in [-0.25, -0.2) is 4.99 Å². The molecule has 0 aromatic carbocycles. The first kappa shape index (κ1) is 13.5. The minimum absolute atomic E-state index is 0.509. The highest BCUT2D eigenvalue weighted by Crippen LogP contribution is 2.41. The summed E-state index contributed by atoms with van der Waals surface area (Å²) in [6.45, 7) is 3.07. The number of hydrogen-bond donors (Lipinski definition) is 0. The molecule has 22 heavy (non-hydrogen) atoms. The molecule has 3 aliphatic rings. The Balaban J connectivity index is 1.68. The highest BCUT2D eigenvalue weighted by molar-refractivity contribution is 6.10. The quantitative estimate of drug-likeness (QED) is 0.842. The van der Waals surface area contributed by atoms with E-state index in [0.29, 0.717) is 24.3 Å². The largest absolute Gasteiger partial charge is 0.329 e. The summed E-state index contributed by atoms with van der Waals surface area (Å²) in [7, 11) is 0. The third-order valence-electron chi connectivity index (χ3n) is 5.25. The van der Waals surface area contributed by atoms with Crippen molar-refractivity contribution in [2.24, 2.45) is 21.8 Å². The van der Waals surface area contributed by atoms with Gasteiger partial charge in [0.05, 0.1) is 18.3 Å². The highest BCUT2D eigenvalue weighted by Gasteiger charge is 2.33. The molecule has 0 N–H and O–H groups in total. The molecule has 0 spiro atoms. The molecule has 1 aliphatic carbocycles. The number of aliphatic imine (C=N–C) groups is 1. The summed E-state index contributed by atoms with van der Waals surface area (Å²) in [5.41, 5.74) is 3.36. The van der Waals surface area contributed by atoms with Gasteiger partial charge >= 0.3 is 0 Å². The second-order valence-electron chi connectivity index (χ2n) is 6.65. The van der Waals surface area contributed by atoms with E-state index in [1.54, 1.807) is 0 Å². The molecule has 3 heterocycles. The van der Waals surface area contributed by atoms with Crippen LogP contribution in [0.25, 0.3) is 5.57 Å². The second-order valence-corrected chi connectivity index (χ2v) is 6.65. The van der Waals surface area contributed by atoms with E-state index >= 15 is 0 Å². The summed E-state index contributed by atoms with van der Waals surface area (Å²) in [6.07, 6.45) is 10.4. The minimum Gasteiger partial charge on any atom is -0.329 e. The van der Waals surface area contributed by atoms with Gasteiger partial charge in [-0.15, -0.1) is 0 Å². The van der Waals surface area contributed by atoms with E-state index in [4.69, 9.17) is 10.3 Å². The molecule has 1 aromatic heterocycles. The number of fused-ring (bicyclic) bond motifs is 2. The topological polar surface area (TPSA) is 53.4 Å². The molecule has 0 saturated heterocycles. The van der Waals surface area contributed by atoms with Gasteiger partial charge in [-0.05, 0) is 43.2 Å². The number of aromatic nitrogens is 1. The predicted molar refractivity (Wildman–Crippen MR) is 85.8 cm³/mol. The molecule has 3 atom stereocenters. The van der Waals surface area contributed by atoms with Crippen LogP contribution in [0.3, 0.4) is 0 Å².